The number of anilines is 1. The van der Waals surface area contributed by atoms with Crippen LogP contribution < -0.4 is 19.9 Å². The number of nitrogens with one attached hydrogen (secondary N) is 2. The summed E-state index contributed by atoms with van der Waals surface area (Å²) in [6.07, 6.45) is 10.3. The van der Waals surface area contributed by atoms with Crippen molar-refractivity contribution in [1.82, 2.24) is 5.32 Å². The summed E-state index contributed by atoms with van der Waals surface area (Å²) in [4.78, 5) is 26.5. The topological polar surface area (TPSA) is 112 Å². The minimum atomic E-state index is -0.982. The van der Waals surface area contributed by atoms with Gasteiger partial charge in [-0.25, -0.2) is 0 Å². The van der Waals surface area contributed by atoms with E-state index in [0.29, 0.717) is 13.2 Å². The number of ether oxygens (including phenoxy) is 1. The van der Waals surface area contributed by atoms with Crippen molar-refractivity contribution in [1.29, 1.82) is 0 Å². The highest BCUT2D eigenvalue weighted by Crippen LogP contribution is 2.22. The Kier molecular flexibility index (Phi) is 13.3. The normalized spacial score (nSPS) is 11.6. The molecule has 0 fully saturated rings. The number of phenolic OH excluding ortho intramolecular Hbond substituents is 2. The molecule has 3 aromatic carbocycles. The number of para-hydroxylation sites is 3. The number of hydrogen-bond donors (Lipinski definition) is 4. The summed E-state index contributed by atoms with van der Waals surface area (Å²) in [5.41, 5.74) is 4.22. The first-order valence-corrected chi connectivity index (χ1v) is 16.7. The molecule has 45 heavy (non-hydrogen) atoms. The van der Waals surface area contributed by atoms with Gasteiger partial charge in [0.1, 0.15) is 23.3 Å². The second-order valence-electron chi connectivity index (χ2n) is 11.2. The quantitative estimate of drug-likeness (QED) is 0.0538. The number of rotatable bonds is 18. The van der Waals surface area contributed by atoms with E-state index in [0.717, 1.165) is 23.4 Å². The largest absolute Gasteiger partial charge is 0.507 e. The van der Waals surface area contributed by atoms with Gasteiger partial charge in [0.2, 0.25) is 11.4 Å². The molecular formula is C36H44N3O5S+. The molecule has 0 bridgehead atoms. The van der Waals surface area contributed by atoms with Crippen molar-refractivity contribution in [3.05, 3.63) is 101 Å². The Balaban J connectivity index is 1.36. The van der Waals surface area contributed by atoms with Crippen molar-refractivity contribution >= 4 is 28.8 Å². The smallest absolute Gasteiger partial charge is 0.255 e. The first kappa shape index (κ1) is 33.5. The third-order valence-corrected chi connectivity index (χ3v) is 8.43. The van der Waals surface area contributed by atoms with Crippen LogP contribution in [0, 0.1) is 0 Å². The molecule has 0 aliphatic carbocycles. The van der Waals surface area contributed by atoms with E-state index in [1.165, 1.54) is 74.5 Å². The molecule has 4 N–H and O–H groups in total. The van der Waals surface area contributed by atoms with E-state index in [2.05, 4.69) is 17.6 Å². The fourth-order valence-electron chi connectivity index (χ4n) is 5.06. The van der Waals surface area contributed by atoms with E-state index in [-0.39, 0.29) is 29.2 Å². The summed E-state index contributed by atoms with van der Waals surface area (Å²) < 4.78 is 8.01. The predicted octanol–water partition coefficient (Wildman–Crippen LogP) is 6.99. The minimum Gasteiger partial charge on any atom is -0.507 e. The number of benzene rings is 3. The van der Waals surface area contributed by atoms with Crippen LogP contribution in [0.25, 0.3) is 0 Å². The van der Waals surface area contributed by atoms with E-state index in [1.807, 2.05) is 39.7 Å². The highest BCUT2D eigenvalue weighted by Gasteiger charge is 2.28. The maximum Gasteiger partial charge on any atom is 0.255 e. The molecule has 4 aromatic rings. The van der Waals surface area contributed by atoms with Crippen molar-refractivity contribution < 1.29 is 29.1 Å². The zero-order chi connectivity index (χ0) is 31.9. The van der Waals surface area contributed by atoms with Gasteiger partial charge >= 0.3 is 0 Å². The van der Waals surface area contributed by atoms with Crippen LogP contribution >= 0.6 is 11.3 Å². The maximum absolute atomic E-state index is 13.4. The van der Waals surface area contributed by atoms with Gasteiger partial charge in [-0.05, 0) is 55.0 Å². The number of unbranched alkanes of at least 4 members (excludes halogenated alkanes) is 7. The van der Waals surface area contributed by atoms with Crippen LogP contribution in [0.15, 0.2) is 83.7 Å². The Hall–Kier alpha value is -4.37. The summed E-state index contributed by atoms with van der Waals surface area (Å²) in [5, 5.41) is 27.8. The number of carbonyl (C=O) groups excluding carboxylic acids is 2. The maximum atomic E-state index is 13.4. The van der Waals surface area contributed by atoms with Crippen LogP contribution in [0.4, 0.5) is 5.69 Å². The van der Waals surface area contributed by atoms with E-state index in [4.69, 9.17) is 4.74 Å². The fourth-order valence-corrected chi connectivity index (χ4v) is 5.86. The molecule has 0 unspecified atom stereocenters. The van der Waals surface area contributed by atoms with Crippen molar-refractivity contribution in [2.45, 2.75) is 77.3 Å². The molecule has 8 nitrogen and oxygen atoms in total. The number of hydrogen-bond acceptors (Lipinski definition) is 6. The van der Waals surface area contributed by atoms with E-state index in [9.17, 15) is 19.8 Å². The SMILES string of the molecule is CCCCCCCCCCOc1ccc(C[n+]2cscc2C[C@H](NC(=O)c2ccccc2O)C(=O)Nc2ccccc2O)cc1. The van der Waals surface area contributed by atoms with Crippen molar-refractivity contribution in [2.75, 3.05) is 11.9 Å². The Morgan fingerprint density at radius 3 is 2.22 bits per heavy atom. The number of thiazole rings is 1. The number of amides is 2. The summed E-state index contributed by atoms with van der Waals surface area (Å²) >= 11 is 1.50. The average Bonchev–Trinajstić information content (AvgIpc) is 3.48. The molecule has 2 amide bonds. The number of carbonyl (C=O) groups is 2. The Morgan fingerprint density at radius 2 is 1.51 bits per heavy atom. The van der Waals surface area contributed by atoms with Crippen LogP contribution in [0.5, 0.6) is 17.2 Å². The molecule has 0 aliphatic rings. The first-order valence-electron chi connectivity index (χ1n) is 15.8. The lowest BCUT2D eigenvalue weighted by Crippen LogP contribution is -2.48. The second kappa shape index (κ2) is 17.8. The van der Waals surface area contributed by atoms with Crippen LogP contribution in [0.3, 0.4) is 0 Å². The number of aromatic nitrogens is 1. The number of nitrogens with zero attached hydrogens (tertiary/aromatic N) is 1. The Bertz CT molecular complexity index is 1500. The monoisotopic (exact) mass is 630 g/mol. The van der Waals surface area contributed by atoms with E-state index in [1.54, 1.807) is 30.3 Å². The van der Waals surface area contributed by atoms with Crippen LogP contribution in [0.1, 0.15) is 79.9 Å². The first-order chi connectivity index (χ1) is 21.9. The Labute approximate surface area is 269 Å². The fraction of sp³-hybridized carbons (Fsp3) is 0.361. The van der Waals surface area contributed by atoms with Crippen LogP contribution in [0.2, 0.25) is 0 Å². The van der Waals surface area contributed by atoms with Gasteiger partial charge in [0.05, 0.1) is 29.7 Å². The average molecular weight is 631 g/mol. The zero-order valence-electron chi connectivity index (χ0n) is 25.9. The van der Waals surface area contributed by atoms with Crippen molar-refractivity contribution in [3.8, 4) is 17.2 Å². The third kappa shape index (κ3) is 10.6. The standard InChI is InChI=1S/C36H43N3O5S/c1-2-3-4-5-6-7-8-13-22-44-29-20-18-27(19-21-29)24-39-26-45-25-28(39)23-32(36(43)37-31-15-10-12-17-34(31)41)38-35(42)30-14-9-11-16-33(30)40/h9-12,14-21,25-26,32H,2-8,13,22-24H2,1H3,(H3-,37,38,40,41,42,43)/p+1/t32-/m0/s1. The van der Waals surface area contributed by atoms with Gasteiger partial charge in [-0.3, -0.25) is 9.59 Å². The van der Waals surface area contributed by atoms with Gasteiger partial charge in [0.25, 0.3) is 5.91 Å². The Morgan fingerprint density at radius 1 is 0.844 bits per heavy atom. The molecule has 0 saturated carbocycles. The summed E-state index contributed by atoms with van der Waals surface area (Å²) in [6, 6.07) is 19.7. The predicted molar refractivity (Wildman–Crippen MR) is 178 cm³/mol. The molecule has 4 rings (SSSR count). The van der Waals surface area contributed by atoms with E-state index >= 15 is 0 Å². The molecule has 0 radical (unpaired) electrons. The second-order valence-corrected chi connectivity index (χ2v) is 11.9. The lowest BCUT2D eigenvalue weighted by molar-refractivity contribution is -0.690. The molecule has 0 saturated heterocycles. The molecule has 1 atom stereocenters. The van der Waals surface area contributed by atoms with Crippen LogP contribution in [-0.2, 0) is 17.8 Å². The van der Waals surface area contributed by atoms with Gasteiger partial charge < -0.3 is 25.6 Å². The zero-order valence-corrected chi connectivity index (χ0v) is 26.7. The number of aromatic hydroxyl groups is 2. The molecule has 0 aliphatic heterocycles. The van der Waals surface area contributed by atoms with Gasteiger partial charge in [-0.2, -0.15) is 4.57 Å². The van der Waals surface area contributed by atoms with Crippen molar-refractivity contribution in [2.24, 2.45) is 0 Å². The molecule has 0 spiro atoms. The lowest BCUT2D eigenvalue weighted by atomic mass is 10.1. The van der Waals surface area contributed by atoms with Gasteiger partial charge in [0.15, 0.2) is 12.2 Å². The number of phenols is 2. The summed E-state index contributed by atoms with van der Waals surface area (Å²) in [6.45, 7) is 3.54. The van der Waals surface area contributed by atoms with E-state index < -0.39 is 17.9 Å². The molecular weight excluding hydrogens is 586 g/mol. The van der Waals surface area contributed by atoms with Gasteiger partial charge in [0, 0.05) is 5.56 Å². The summed E-state index contributed by atoms with van der Waals surface area (Å²) in [5.74, 6) is -0.464. The van der Waals surface area contributed by atoms with Gasteiger partial charge in [-0.1, -0.05) is 87.5 Å². The third-order valence-electron chi connectivity index (χ3n) is 7.65. The van der Waals surface area contributed by atoms with Crippen molar-refractivity contribution in [3.63, 3.8) is 0 Å². The van der Waals surface area contributed by atoms with Crippen LogP contribution in [-0.4, -0.2) is 34.7 Å². The lowest BCUT2D eigenvalue weighted by Gasteiger charge is -2.18. The molecule has 238 valence electrons. The highest BCUT2D eigenvalue weighted by molar-refractivity contribution is 7.07. The molecule has 9 heteroatoms. The molecule has 1 aromatic heterocycles. The summed E-state index contributed by atoms with van der Waals surface area (Å²) in [7, 11) is 0. The highest BCUT2D eigenvalue weighted by atomic mass is 32.1. The van der Waals surface area contributed by atoms with Gasteiger partial charge in [-0.15, -0.1) is 0 Å². The minimum absolute atomic E-state index is 0.0702. The molecule has 1 heterocycles.